The molecule has 614 valence electrons. The summed E-state index contributed by atoms with van der Waals surface area (Å²) in [6.07, 6.45) is -8.76. The van der Waals surface area contributed by atoms with Gasteiger partial charge in [-0.05, 0) is 174 Å². The van der Waals surface area contributed by atoms with Crippen LogP contribution in [0.3, 0.4) is 0 Å². The van der Waals surface area contributed by atoms with Crippen molar-refractivity contribution in [2.45, 2.75) is 317 Å². The second-order valence-corrected chi connectivity index (χ2v) is 32.3. The summed E-state index contributed by atoms with van der Waals surface area (Å²) in [6.45, 7) is 24.0. The maximum Gasteiger partial charge on any atom is 0.410 e. The second-order valence-electron chi connectivity index (χ2n) is 31.5. The van der Waals surface area contributed by atoms with Crippen LogP contribution >= 0.6 is 8.46 Å². The van der Waals surface area contributed by atoms with Gasteiger partial charge in [-0.15, -0.1) is 0 Å². The van der Waals surface area contributed by atoms with E-state index in [9.17, 15) is 38.4 Å². The Morgan fingerprint density at radius 2 is 0.953 bits per heavy atom. The minimum atomic E-state index is -3.23. The van der Waals surface area contributed by atoms with Gasteiger partial charge in [0, 0.05) is 119 Å². The normalized spacial score (nSPS) is 41.5. The van der Waals surface area contributed by atoms with Crippen molar-refractivity contribution in [1.29, 1.82) is 0 Å². The van der Waals surface area contributed by atoms with Crippen molar-refractivity contribution in [2.75, 3.05) is 88.8 Å². The van der Waals surface area contributed by atoms with Crippen molar-refractivity contribution >= 4 is 44.2 Å². The number of aliphatic hydroxyl groups is 2. The van der Waals surface area contributed by atoms with Crippen molar-refractivity contribution in [3.8, 4) is 0 Å². The lowest BCUT2D eigenvalue weighted by atomic mass is 9.77. The molecule has 0 spiro atoms. The van der Waals surface area contributed by atoms with Crippen LogP contribution in [0.15, 0.2) is 10.2 Å². The van der Waals surface area contributed by atoms with E-state index in [1.54, 1.807) is 69.5 Å². The number of halogens is 4. The van der Waals surface area contributed by atoms with Crippen molar-refractivity contribution in [1.82, 2.24) is 30.2 Å². The van der Waals surface area contributed by atoms with E-state index in [0.717, 1.165) is 21.0 Å². The molecule has 6 aliphatic heterocycles. The van der Waals surface area contributed by atoms with E-state index in [-0.39, 0.29) is 97.7 Å². The fraction of sp³-hybridized carbons (Fsp3) is 0.915. The van der Waals surface area contributed by atoms with Gasteiger partial charge >= 0.3 is 24.1 Å². The molecular formula is C71H123F4N12O19P. The molecule has 6 saturated heterocycles. The maximum absolute atomic E-state index is 16.9. The number of methoxy groups -OCH3 is 2. The summed E-state index contributed by atoms with van der Waals surface area (Å²) in [7, 11) is 10.6. The summed E-state index contributed by atoms with van der Waals surface area (Å²) in [5.74, 6) is -8.27. The van der Waals surface area contributed by atoms with Crippen LogP contribution in [0, 0.1) is 11.8 Å². The first kappa shape index (κ1) is 94.2. The Morgan fingerprint density at radius 1 is 0.598 bits per heavy atom. The van der Waals surface area contributed by atoms with Crippen LogP contribution in [-0.4, -0.2) is 297 Å². The Morgan fingerprint density at radius 3 is 1.29 bits per heavy atom. The Hall–Kier alpha value is -5.22. The monoisotopic (exact) mass is 1550 g/mol. The number of azide groups is 2. The first-order valence-electron chi connectivity index (χ1n) is 37.0. The summed E-state index contributed by atoms with van der Waals surface area (Å²) in [6, 6.07) is -3.63. The third-order valence-corrected chi connectivity index (χ3v) is 23.0. The van der Waals surface area contributed by atoms with Gasteiger partial charge in [-0.3, -0.25) is 24.0 Å². The highest BCUT2D eigenvalue weighted by Gasteiger charge is 2.64. The summed E-state index contributed by atoms with van der Waals surface area (Å²) in [4.78, 5) is 94.9. The van der Waals surface area contributed by atoms with Gasteiger partial charge in [0.2, 0.25) is 0 Å². The third kappa shape index (κ3) is 22.1. The highest BCUT2D eigenvalue weighted by atomic mass is 31.1. The van der Waals surface area contributed by atoms with Gasteiger partial charge < -0.3 is 78.0 Å². The molecule has 0 aromatic carbocycles. The smallest absolute Gasteiger partial charge is 0.410 e. The van der Waals surface area contributed by atoms with Crippen molar-refractivity contribution in [3.05, 3.63) is 20.9 Å². The molecule has 26 atom stereocenters. The van der Waals surface area contributed by atoms with Crippen molar-refractivity contribution in [2.24, 2.45) is 22.1 Å². The number of rotatable bonds is 21. The first-order valence-corrected chi connectivity index (χ1v) is 37.9. The average Bonchev–Trinajstić information content (AvgIpc) is 1.64. The summed E-state index contributed by atoms with van der Waals surface area (Å²) >= 11 is 0. The molecule has 0 saturated carbocycles. The molecule has 0 aromatic heterocycles. The highest BCUT2D eigenvalue weighted by Crippen LogP contribution is 2.46. The number of ether oxygens (including phenoxy) is 10. The number of fused-ring (bicyclic) bond motifs is 2. The summed E-state index contributed by atoms with van der Waals surface area (Å²) in [5, 5.41) is 31.8. The number of alkyl halides is 4. The fourth-order valence-corrected chi connectivity index (χ4v) is 17.2. The molecular weight excluding hydrogens is 1430 g/mol. The molecule has 6 heterocycles. The van der Waals surface area contributed by atoms with Crippen LogP contribution in [-0.2, 0) is 71.1 Å². The Labute approximate surface area is 629 Å². The number of nitrogens with one attached hydrogen (secondary N) is 2. The van der Waals surface area contributed by atoms with Gasteiger partial charge in [0.1, 0.15) is 35.3 Å². The molecule has 107 heavy (non-hydrogen) atoms. The second kappa shape index (κ2) is 39.3. The number of nitrogens with zero attached hydrogens (tertiary/aromatic N) is 10. The molecule has 0 aromatic rings. The Kier molecular flexibility index (Phi) is 34.6. The molecule has 6 rings (SSSR count). The number of amides is 2. The largest absolute Gasteiger partial charge is 0.455 e. The van der Waals surface area contributed by atoms with E-state index >= 15 is 17.6 Å². The molecule has 36 heteroatoms. The topological polar surface area (TPSA) is 387 Å². The van der Waals surface area contributed by atoms with Crippen molar-refractivity contribution in [3.63, 3.8) is 0 Å². The van der Waals surface area contributed by atoms with Gasteiger partial charge in [-0.25, -0.2) is 36.7 Å². The molecule has 0 bridgehead atoms. The minimum Gasteiger partial charge on any atom is -0.455 e. The van der Waals surface area contributed by atoms with Crippen LogP contribution < -0.4 is 10.6 Å². The SMILES string of the molecule is CC[C@H]1OC(=O)C(C)(F)C(=O)[C@H](C)[C@@H](O[C@@H]2OC(C)CC(N(C)C)C2O)[C@](C)(OC)CC(C)(F)CN[C@H](C)[C@H]2N(CCCCN=[N+]=[N-])C(=O)O[C@]12C.CC[C@H]1OC(=O)C(C)(F)C(=O)[C@H](C)[C@@H](O[C@@H]2OC(C)CC(N(C)C)C2P=O)[C@](C)(OC)CC(C)(F)CN[C@H](C)[C@H]2N(CCCCN=[N+]=[N-])C(=O)O[C@]12C.CO. The number of esters is 2. The van der Waals surface area contributed by atoms with Crippen LogP contribution in [0.25, 0.3) is 20.9 Å². The van der Waals surface area contributed by atoms with Gasteiger partial charge in [0.25, 0.3) is 11.3 Å². The number of Topliss-reactive ketones (excluding diaryl/α,β-unsaturated/α-hetero) is 2. The van der Waals surface area contributed by atoms with Crippen LogP contribution in [0.5, 0.6) is 0 Å². The van der Waals surface area contributed by atoms with Gasteiger partial charge in [0.05, 0.1) is 47.7 Å². The maximum atomic E-state index is 16.9. The molecule has 10 unspecified atom stereocenters. The standard InChI is InChI=1S/C35H59F2N6O9P.C35H60F2N6O9.CH4O/c1-12-24-35(8)26(43(31(46)52-35)16-14-13-15-40-41-38)22(4)39-19-32(5,36)18-33(6,48-11)28(21(3)27(44)34(7,37)30(45)50-24)51-29-25(53-47)23(42(9)10)17-20(2)49-29;1-12-24-35(8)26(43(31(47)52-35)16-14-13-15-40-41-38)22(4)39-19-32(5,36)18-33(6,48-11)28(21(3)27(45)34(7,37)30(46)50-24)51-29-25(44)23(42(9)10)17-20(2)49-29;1-2/h20-26,28-29,39H,12-19H2,1-11H3;20-26,28-29,39,44H,12-19H2,1-11H3;2H,1H3/t2*20?,21-,22+,23?,24+,25?,26+,28+,29-,32?,33+,34?,35+;/m00./s1. The van der Waals surface area contributed by atoms with Crippen molar-refractivity contribution < 1.29 is 108 Å². The molecule has 2 amide bonds. The van der Waals surface area contributed by atoms with Crippen LogP contribution in [0.1, 0.15) is 175 Å². The zero-order chi connectivity index (χ0) is 81.5. The molecule has 31 nitrogen and oxygen atoms in total. The number of carbonyl (C=O) groups is 6. The van der Waals surface area contributed by atoms with E-state index in [4.69, 9.17) is 63.5 Å². The zero-order valence-corrected chi connectivity index (χ0v) is 67.9. The fourth-order valence-electron chi connectivity index (χ4n) is 16.4. The lowest BCUT2D eigenvalue weighted by molar-refractivity contribution is -0.297. The Bertz CT molecular complexity index is 3090. The van der Waals surface area contributed by atoms with Crippen LogP contribution in [0.2, 0.25) is 0 Å². The van der Waals surface area contributed by atoms with E-state index in [1.165, 1.54) is 58.6 Å². The van der Waals surface area contributed by atoms with Gasteiger partial charge in [-0.1, -0.05) is 37.9 Å². The number of likely N-dealkylation sites (N-methyl/N-ethyl adjacent to an activating group) is 1. The summed E-state index contributed by atoms with van der Waals surface area (Å²) in [5.41, 5.74) is -0.368. The number of ketones is 2. The van der Waals surface area contributed by atoms with E-state index in [1.807, 2.05) is 30.8 Å². The number of hydrogen-bond donors (Lipinski definition) is 4. The number of cyclic esters (lactones) is 2. The lowest BCUT2D eigenvalue weighted by Crippen LogP contribution is -2.62. The minimum absolute atomic E-state index is 0.0810. The van der Waals surface area contributed by atoms with E-state index in [0.29, 0.717) is 38.5 Å². The Balaban J connectivity index is 0.000000442. The van der Waals surface area contributed by atoms with E-state index in [2.05, 4.69) is 30.7 Å². The molecule has 0 aliphatic carbocycles. The predicted octanol–water partition coefficient (Wildman–Crippen LogP) is 9.38. The highest BCUT2D eigenvalue weighted by molar-refractivity contribution is 7.25. The predicted molar refractivity (Wildman–Crippen MR) is 387 cm³/mol. The first-order chi connectivity index (χ1) is 49.7. The van der Waals surface area contributed by atoms with Gasteiger partial charge in [0.15, 0.2) is 43.8 Å². The quantitative estimate of drug-likeness (QED) is 0.00956. The molecule has 4 N–H and O–H groups in total. The van der Waals surface area contributed by atoms with Crippen LogP contribution in [0.4, 0.5) is 27.2 Å². The lowest BCUT2D eigenvalue weighted by Gasteiger charge is -2.47. The zero-order valence-electron chi connectivity index (χ0n) is 67.0. The molecule has 6 fully saturated rings. The number of aliphatic hydroxyl groups excluding tert-OH is 2. The third-order valence-electron chi connectivity index (χ3n) is 22.2. The van der Waals surface area contributed by atoms with E-state index < -0.39 is 166 Å². The summed E-state index contributed by atoms with van der Waals surface area (Å²) < 4.78 is 140. The molecule has 6 aliphatic rings. The number of carbonyl (C=O) groups excluding carboxylic acids is 6. The molecule has 0 radical (unpaired) electrons. The average molecular weight is 1560 g/mol. The number of hydrogen-bond acceptors (Lipinski definition) is 25. The van der Waals surface area contributed by atoms with Gasteiger partial charge in [-0.2, -0.15) is 0 Å². The number of unbranched alkanes of at least 4 members (excludes halogenated alkanes) is 2.